The van der Waals surface area contributed by atoms with Crippen LogP contribution in [0.3, 0.4) is 0 Å². The summed E-state index contributed by atoms with van der Waals surface area (Å²) in [5.74, 6) is 0. The van der Waals surface area contributed by atoms with Gasteiger partial charge in [-0.25, -0.2) is 0 Å². The molecule has 0 bridgehead atoms. The lowest BCUT2D eigenvalue weighted by atomic mass is 9.78. The van der Waals surface area contributed by atoms with Crippen molar-refractivity contribution in [2.45, 2.75) is 111 Å². The zero-order valence-electron chi connectivity index (χ0n) is 26.0. The van der Waals surface area contributed by atoms with Crippen LogP contribution >= 0.6 is 0 Å². The Morgan fingerprint density at radius 3 is 0.974 bits per heavy atom. The second-order valence-corrected chi connectivity index (χ2v) is 15.1. The van der Waals surface area contributed by atoms with Gasteiger partial charge in [0.1, 0.15) is 0 Å². The summed E-state index contributed by atoms with van der Waals surface area (Å²) in [7, 11) is 0. The molecule has 3 aromatic carbocycles. The summed E-state index contributed by atoms with van der Waals surface area (Å²) in [6, 6.07) is 20.6. The molecule has 0 saturated heterocycles. The molecule has 0 fully saturated rings. The molecule has 3 aromatic rings. The van der Waals surface area contributed by atoms with Crippen molar-refractivity contribution in [2.24, 2.45) is 0 Å². The van der Waals surface area contributed by atoms with Gasteiger partial charge in [-0.2, -0.15) is 0 Å². The van der Waals surface area contributed by atoms with E-state index in [0.717, 1.165) is 16.7 Å². The highest BCUT2D eigenvalue weighted by Gasteiger charge is 2.23. The van der Waals surface area contributed by atoms with E-state index in [1.54, 1.807) is 6.08 Å². The summed E-state index contributed by atoms with van der Waals surface area (Å²) in [5.41, 5.74) is 10.9. The minimum absolute atomic E-state index is 0.0275. The molecule has 1 unspecified atom stereocenters. The van der Waals surface area contributed by atoms with Crippen molar-refractivity contribution in [3.63, 3.8) is 0 Å². The third-order valence-electron chi connectivity index (χ3n) is 7.52. The molecular formula is C37H50O. The van der Waals surface area contributed by atoms with E-state index in [2.05, 4.69) is 144 Å². The van der Waals surface area contributed by atoms with Gasteiger partial charge in [0.15, 0.2) is 0 Å². The lowest BCUT2D eigenvalue weighted by Gasteiger charge is -2.27. The molecule has 1 heteroatoms. The Labute approximate surface area is 233 Å². The molecule has 0 saturated carbocycles. The maximum absolute atomic E-state index is 10.9. The Hall–Kier alpha value is -2.64. The maximum Gasteiger partial charge on any atom is 0.0969 e. The van der Waals surface area contributed by atoms with Crippen molar-refractivity contribution in [3.8, 4) is 22.3 Å². The first-order chi connectivity index (χ1) is 17.2. The van der Waals surface area contributed by atoms with Crippen molar-refractivity contribution in [1.82, 2.24) is 0 Å². The smallest absolute Gasteiger partial charge is 0.0969 e. The Balaban J connectivity index is 2.37. The van der Waals surface area contributed by atoms with Crippen LogP contribution in [-0.4, -0.2) is 5.11 Å². The Bertz CT molecular complexity index is 1150. The fourth-order valence-corrected chi connectivity index (χ4v) is 4.61. The molecule has 0 spiro atoms. The highest BCUT2D eigenvalue weighted by atomic mass is 16.3. The summed E-state index contributed by atoms with van der Waals surface area (Å²) in [6.45, 7) is 31.1. The van der Waals surface area contributed by atoms with Crippen molar-refractivity contribution in [1.29, 1.82) is 0 Å². The van der Waals surface area contributed by atoms with Crippen LogP contribution in [0.2, 0.25) is 0 Å². The Morgan fingerprint density at radius 1 is 0.474 bits per heavy atom. The fraction of sp³-hybridized carbons (Fsp3) is 0.459. The number of benzene rings is 3. The summed E-state index contributed by atoms with van der Waals surface area (Å²) >= 11 is 0. The summed E-state index contributed by atoms with van der Waals surface area (Å²) in [5, 5.41) is 10.9. The zero-order valence-corrected chi connectivity index (χ0v) is 26.0. The first-order valence-electron chi connectivity index (χ1n) is 14.0. The highest BCUT2D eigenvalue weighted by molar-refractivity contribution is 5.76. The van der Waals surface area contributed by atoms with Gasteiger partial charge in [-0.3, -0.25) is 0 Å². The van der Waals surface area contributed by atoms with E-state index in [9.17, 15) is 5.11 Å². The van der Waals surface area contributed by atoms with Gasteiger partial charge in [0.2, 0.25) is 0 Å². The van der Waals surface area contributed by atoms with Gasteiger partial charge < -0.3 is 5.11 Å². The molecule has 0 aromatic heterocycles. The minimum atomic E-state index is -0.727. The van der Waals surface area contributed by atoms with E-state index in [4.69, 9.17) is 0 Å². The molecule has 1 atom stereocenters. The predicted molar refractivity (Wildman–Crippen MR) is 167 cm³/mol. The third kappa shape index (κ3) is 6.86. The number of aliphatic hydroxyl groups excluding tert-OH is 1. The predicted octanol–water partition coefficient (Wildman–Crippen LogP) is 10.4. The first-order valence-corrected chi connectivity index (χ1v) is 14.0. The van der Waals surface area contributed by atoms with Crippen LogP contribution in [-0.2, 0) is 21.7 Å². The van der Waals surface area contributed by atoms with Crippen molar-refractivity contribution < 1.29 is 5.11 Å². The molecule has 0 aliphatic carbocycles. The van der Waals surface area contributed by atoms with Crippen LogP contribution in [0.1, 0.15) is 117 Å². The van der Waals surface area contributed by atoms with Gasteiger partial charge >= 0.3 is 0 Å². The van der Waals surface area contributed by atoms with Gasteiger partial charge in [-0.15, -0.1) is 6.58 Å². The second kappa shape index (κ2) is 10.2. The van der Waals surface area contributed by atoms with Gasteiger partial charge in [-0.1, -0.05) is 126 Å². The SMILES string of the molecule is C=CC(O)c1cc(-c2cc(C(C)(C)C)cc(C(C)(C)C)c2)cc(-c2cc(C(C)(C)C)cc(C(C)(C)C)c2)c1. The van der Waals surface area contributed by atoms with Crippen LogP contribution in [0.25, 0.3) is 22.3 Å². The Kier molecular flexibility index (Phi) is 7.99. The normalized spacial score (nSPS) is 13.9. The number of rotatable bonds is 4. The average molecular weight is 511 g/mol. The second-order valence-electron chi connectivity index (χ2n) is 15.1. The summed E-state index contributed by atoms with van der Waals surface area (Å²) in [4.78, 5) is 0. The molecule has 204 valence electrons. The van der Waals surface area contributed by atoms with Crippen LogP contribution in [0, 0.1) is 0 Å². The topological polar surface area (TPSA) is 20.2 Å². The van der Waals surface area contributed by atoms with Gasteiger partial charge in [0.25, 0.3) is 0 Å². The molecular weight excluding hydrogens is 460 g/mol. The molecule has 0 radical (unpaired) electrons. The van der Waals surface area contributed by atoms with E-state index in [1.165, 1.54) is 33.4 Å². The largest absolute Gasteiger partial charge is 0.384 e. The molecule has 38 heavy (non-hydrogen) atoms. The molecule has 1 N–H and O–H groups in total. The first kappa shape index (κ1) is 29.9. The average Bonchev–Trinajstić information content (AvgIpc) is 2.80. The van der Waals surface area contributed by atoms with Crippen molar-refractivity contribution in [2.75, 3.05) is 0 Å². The maximum atomic E-state index is 10.9. The molecule has 0 amide bonds. The van der Waals surface area contributed by atoms with Gasteiger partial charge in [0, 0.05) is 0 Å². The zero-order chi connectivity index (χ0) is 28.8. The van der Waals surface area contributed by atoms with Gasteiger partial charge in [0.05, 0.1) is 6.10 Å². The molecule has 0 aliphatic rings. The Morgan fingerprint density at radius 2 is 0.737 bits per heavy atom. The van der Waals surface area contributed by atoms with Crippen molar-refractivity contribution in [3.05, 3.63) is 95.1 Å². The van der Waals surface area contributed by atoms with E-state index in [1.807, 2.05) is 0 Å². The summed E-state index contributed by atoms with van der Waals surface area (Å²) in [6.07, 6.45) is 0.885. The van der Waals surface area contributed by atoms with E-state index in [-0.39, 0.29) is 21.7 Å². The number of aliphatic hydroxyl groups is 1. The van der Waals surface area contributed by atoms with E-state index >= 15 is 0 Å². The van der Waals surface area contributed by atoms with Crippen molar-refractivity contribution >= 4 is 0 Å². The monoisotopic (exact) mass is 510 g/mol. The summed E-state index contributed by atoms with van der Waals surface area (Å²) < 4.78 is 0. The van der Waals surface area contributed by atoms with Gasteiger partial charge in [-0.05, 0) is 89.9 Å². The van der Waals surface area contributed by atoms with E-state index in [0.29, 0.717) is 0 Å². The quantitative estimate of drug-likeness (QED) is 0.346. The van der Waals surface area contributed by atoms with Crippen LogP contribution in [0.15, 0.2) is 67.3 Å². The fourth-order valence-electron chi connectivity index (χ4n) is 4.61. The molecule has 0 aliphatic heterocycles. The lowest BCUT2D eigenvalue weighted by molar-refractivity contribution is 0.229. The van der Waals surface area contributed by atoms with E-state index < -0.39 is 6.10 Å². The van der Waals surface area contributed by atoms with Crippen LogP contribution in [0.4, 0.5) is 0 Å². The minimum Gasteiger partial charge on any atom is -0.384 e. The molecule has 3 rings (SSSR count). The molecule has 1 nitrogen and oxygen atoms in total. The van der Waals surface area contributed by atoms with Crippen LogP contribution in [0.5, 0.6) is 0 Å². The van der Waals surface area contributed by atoms with Crippen LogP contribution < -0.4 is 0 Å². The molecule has 0 heterocycles. The lowest BCUT2D eigenvalue weighted by Crippen LogP contribution is -2.16. The highest BCUT2D eigenvalue weighted by Crippen LogP contribution is 2.39. The third-order valence-corrected chi connectivity index (χ3v) is 7.52. The number of hydrogen-bond donors (Lipinski definition) is 1. The standard InChI is InChI=1S/C37H50O/c1-14-33(38)28-16-24(26-18-29(34(2,3)4)22-30(19-26)35(5,6)7)15-25(17-28)27-20-31(36(8,9)10)23-32(21-27)37(11,12)13/h14-23,33,38H,1H2,2-13H3. The number of hydrogen-bond acceptors (Lipinski definition) is 1.